The predicted octanol–water partition coefficient (Wildman–Crippen LogP) is 1.19. The van der Waals surface area contributed by atoms with E-state index in [0.29, 0.717) is 36.9 Å². The van der Waals surface area contributed by atoms with E-state index in [4.69, 9.17) is 4.74 Å². The molecule has 2 aliphatic rings. The molecule has 1 aromatic rings. The quantitative estimate of drug-likeness (QED) is 0.793. The van der Waals surface area contributed by atoms with E-state index in [1.807, 2.05) is 0 Å². The summed E-state index contributed by atoms with van der Waals surface area (Å²) in [5, 5.41) is 2.68. The Balaban J connectivity index is 1.66. The molecule has 1 aliphatic heterocycles. The number of esters is 1. The van der Waals surface area contributed by atoms with Crippen LogP contribution in [0.5, 0.6) is 0 Å². The van der Waals surface area contributed by atoms with Crippen molar-refractivity contribution >= 4 is 27.6 Å². The van der Waals surface area contributed by atoms with Crippen molar-refractivity contribution in [2.45, 2.75) is 43.0 Å². The van der Waals surface area contributed by atoms with Crippen LogP contribution in [0.2, 0.25) is 0 Å². The molecule has 1 aromatic carbocycles. The monoisotopic (exact) mass is 352 g/mol. The first-order valence-electron chi connectivity index (χ1n) is 7.92. The molecule has 0 unspecified atom stereocenters. The molecule has 1 heterocycles. The molecule has 2 N–H and O–H groups in total. The molecule has 1 aliphatic carbocycles. The number of nitrogens with one attached hydrogen (secondary N) is 2. The van der Waals surface area contributed by atoms with Crippen LogP contribution in [0.25, 0.3) is 0 Å². The van der Waals surface area contributed by atoms with Crippen LogP contribution in [0.4, 0.5) is 5.69 Å². The number of methoxy groups -OCH3 is 1. The molecule has 1 saturated carbocycles. The summed E-state index contributed by atoms with van der Waals surface area (Å²) in [7, 11) is -2.28. The van der Waals surface area contributed by atoms with E-state index in [2.05, 4.69) is 10.0 Å². The third-order valence-corrected chi connectivity index (χ3v) is 6.11. The molecule has 0 radical (unpaired) electrons. The van der Waals surface area contributed by atoms with Gasteiger partial charge in [-0.1, -0.05) is 0 Å². The fourth-order valence-electron chi connectivity index (χ4n) is 3.27. The van der Waals surface area contributed by atoms with Gasteiger partial charge in [0.2, 0.25) is 15.9 Å². The zero-order chi connectivity index (χ0) is 17.3. The van der Waals surface area contributed by atoms with Crippen molar-refractivity contribution in [1.29, 1.82) is 0 Å². The van der Waals surface area contributed by atoms with Crippen LogP contribution in [0.1, 0.15) is 31.2 Å². The molecule has 3 rings (SSSR count). The van der Waals surface area contributed by atoms with Gasteiger partial charge in [0, 0.05) is 11.7 Å². The van der Waals surface area contributed by atoms with Crippen LogP contribution in [0.15, 0.2) is 23.1 Å². The van der Waals surface area contributed by atoms with Crippen molar-refractivity contribution in [2.24, 2.45) is 5.92 Å². The Labute approximate surface area is 140 Å². The molecule has 0 saturated heterocycles. The van der Waals surface area contributed by atoms with Gasteiger partial charge >= 0.3 is 5.97 Å². The maximum absolute atomic E-state index is 12.5. The maximum Gasteiger partial charge on any atom is 0.308 e. The highest BCUT2D eigenvalue weighted by Crippen LogP contribution is 2.28. The molecule has 0 spiro atoms. The van der Waals surface area contributed by atoms with E-state index < -0.39 is 10.0 Å². The second-order valence-electron chi connectivity index (χ2n) is 6.24. The fourth-order valence-corrected chi connectivity index (χ4v) is 4.63. The summed E-state index contributed by atoms with van der Waals surface area (Å²) in [5.74, 6) is -0.506. The van der Waals surface area contributed by atoms with Gasteiger partial charge < -0.3 is 10.1 Å². The number of carbonyl (C=O) groups is 2. The molecular formula is C16H20N2O5S. The Morgan fingerprint density at radius 1 is 1.25 bits per heavy atom. The lowest BCUT2D eigenvalue weighted by Gasteiger charge is -2.27. The molecule has 0 aromatic heterocycles. The van der Waals surface area contributed by atoms with Gasteiger partial charge in [-0.05, 0) is 49.4 Å². The van der Waals surface area contributed by atoms with E-state index >= 15 is 0 Å². The molecule has 8 heteroatoms. The SMILES string of the molecule is COC(=O)[C@H]1CC[C@H](NS(=O)(=O)c2ccc3c(c2)CC(=O)N3)CC1. The molecule has 1 fully saturated rings. The highest BCUT2D eigenvalue weighted by molar-refractivity contribution is 7.89. The van der Waals surface area contributed by atoms with E-state index in [-0.39, 0.29) is 35.2 Å². The highest BCUT2D eigenvalue weighted by Gasteiger charge is 2.30. The Bertz CT molecular complexity index is 767. The van der Waals surface area contributed by atoms with Crippen molar-refractivity contribution in [3.05, 3.63) is 23.8 Å². The normalized spacial score (nSPS) is 23.5. The van der Waals surface area contributed by atoms with Gasteiger partial charge in [-0.3, -0.25) is 9.59 Å². The summed E-state index contributed by atoms with van der Waals surface area (Å²) in [5.41, 5.74) is 1.36. The Hall–Kier alpha value is -1.93. The standard InChI is InChI=1S/C16H20N2O5S/c1-23-16(20)10-2-4-12(5-3-10)18-24(21,22)13-6-7-14-11(8-13)9-15(19)17-14/h6-8,10,12,18H,2-5,9H2,1H3,(H,17,19)/t10-,12-. The lowest BCUT2D eigenvalue weighted by atomic mass is 9.86. The minimum atomic E-state index is -3.65. The first-order chi connectivity index (χ1) is 11.4. The zero-order valence-corrected chi connectivity index (χ0v) is 14.2. The van der Waals surface area contributed by atoms with Crippen LogP contribution < -0.4 is 10.0 Å². The van der Waals surface area contributed by atoms with Crippen LogP contribution >= 0.6 is 0 Å². The molecule has 7 nitrogen and oxygen atoms in total. The lowest BCUT2D eigenvalue weighted by molar-refractivity contribution is -0.146. The summed E-state index contributed by atoms with van der Waals surface area (Å²) >= 11 is 0. The second-order valence-corrected chi connectivity index (χ2v) is 7.95. The van der Waals surface area contributed by atoms with Gasteiger partial charge in [-0.25, -0.2) is 13.1 Å². The van der Waals surface area contributed by atoms with Crippen LogP contribution in [-0.2, 0) is 30.8 Å². The van der Waals surface area contributed by atoms with Crippen LogP contribution in [0, 0.1) is 5.92 Å². The molecule has 24 heavy (non-hydrogen) atoms. The van der Waals surface area contributed by atoms with Crippen LogP contribution in [-0.4, -0.2) is 33.4 Å². The topological polar surface area (TPSA) is 102 Å². The molecule has 0 bridgehead atoms. The lowest BCUT2D eigenvalue weighted by Crippen LogP contribution is -2.38. The van der Waals surface area contributed by atoms with Gasteiger partial charge in [0.1, 0.15) is 0 Å². The van der Waals surface area contributed by atoms with Gasteiger partial charge in [0.05, 0.1) is 24.3 Å². The average Bonchev–Trinajstić information content (AvgIpc) is 2.93. The second kappa shape index (κ2) is 6.52. The summed E-state index contributed by atoms with van der Waals surface area (Å²) in [6.45, 7) is 0. The molecule has 0 atom stereocenters. The van der Waals surface area contributed by atoms with Crippen molar-refractivity contribution in [1.82, 2.24) is 4.72 Å². The predicted molar refractivity (Wildman–Crippen MR) is 86.9 cm³/mol. The zero-order valence-electron chi connectivity index (χ0n) is 13.4. The first kappa shape index (κ1) is 16.9. The van der Waals surface area contributed by atoms with Crippen molar-refractivity contribution in [2.75, 3.05) is 12.4 Å². The number of ether oxygens (including phenoxy) is 1. The first-order valence-corrected chi connectivity index (χ1v) is 9.40. The number of benzene rings is 1. The molecular weight excluding hydrogens is 332 g/mol. The smallest absolute Gasteiger partial charge is 0.308 e. The number of amides is 1. The number of sulfonamides is 1. The van der Waals surface area contributed by atoms with Gasteiger partial charge in [-0.15, -0.1) is 0 Å². The minimum absolute atomic E-state index is 0.131. The van der Waals surface area contributed by atoms with Gasteiger partial charge in [0.25, 0.3) is 0 Å². The fraction of sp³-hybridized carbons (Fsp3) is 0.500. The number of carbonyl (C=O) groups excluding carboxylic acids is 2. The van der Waals surface area contributed by atoms with Crippen molar-refractivity contribution in [3.63, 3.8) is 0 Å². The Morgan fingerprint density at radius 3 is 2.62 bits per heavy atom. The largest absolute Gasteiger partial charge is 0.469 e. The van der Waals surface area contributed by atoms with Crippen molar-refractivity contribution in [3.8, 4) is 0 Å². The number of rotatable bonds is 4. The van der Waals surface area contributed by atoms with Gasteiger partial charge in [-0.2, -0.15) is 0 Å². The van der Waals surface area contributed by atoms with E-state index in [0.717, 1.165) is 0 Å². The Kier molecular flexibility index (Phi) is 4.60. The van der Waals surface area contributed by atoms with Gasteiger partial charge in [0.15, 0.2) is 0 Å². The number of hydrogen-bond acceptors (Lipinski definition) is 5. The third-order valence-electron chi connectivity index (χ3n) is 4.60. The number of hydrogen-bond donors (Lipinski definition) is 2. The molecule has 1 amide bonds. The van der Waals surface area contributed by atoms with E-state index in [1.165, 1.54) is 19.2 Å². The highest BCUT2D eigenvalue weighted by atomic mass is 32.2. The van der Waals surface area contributed by atoms with Crippen LogP contribution in [0.3, 0.4) is 0 Å². The summed E-state index contributed by atoms with van der Waals surface area (Å²) < 4.78 is 32.5. The Morgan fingerprint density at radius 2 is 1.96 bits per heavy atom. The number of fused-ring (bicyclic) bond motifs is 1. The third kappa shape index (κ3) is 3.44. The number of anilines is 1. The maximum atomic E-state index is 12.5. The molecule has 130 valence electrons. The summed E-state index contributed by atoms with van der Waals surface area (Å²) in [4.78, 5) is 23.1. The van der Waals surface area contributed by atoms with Crippen molar-refractivity contribution < 1.29 is 22.7 Å². The summed E-state index contributed by atoms with van der Waals surface area (Å²) in [6, 6.07) is 4.45. The summed E-state index contributed by atoms with van der Waals surface area (Å²) in [6.07, 6.45) is 2.63. The van der Waals surface area contributed by atoms with E-state index in [1.54, 1.807) is 6.07 Å². The average molecular weight is 352 g/mol. The minimum Gasteiger partial charge on any atom is -0.469 e. The van der Waals surface area contributed by atoms with E-state index in [9.17, 15) is 18.0 Å².